The van der Waals surface area contributed by atoms with Crippen LogP contribution in [0.5, 0.6) is 0 Å². The molecule has 21 heavy (non-hydrogen) atoms. The van der Waals surface area contributed by atoms with Crippen molar-refractivity contribution in [2.75, 3.05) is 0 Å². The molecule has 0 bridgehead atoms. The van der Waals surface area contributed by atoms with E-state index >= 15 is 0 Å². The number of hydrogen-bond donors (Lipinski definition) is 1. The first-order valence-corrected chi connectivity index (χ1v) is 6.35. The van der Waals surface area contributed by atoms with Gasteiger partial charge in [0.2, 0.25) is 0 Å². The van der Waals surface area contributed by atoms with Crippen molar-refractivity contribution < 1.29 is 13.2 Å². The molecule has 1 heterocycles. The van der Waals surface area contributed by atoms with E-state index in [1.165, 1.54) is 10.6 Å². The van der Waals surface area contributed by atoms with Crippen LogP contribution in [0.1, 0.15) is 11.6 Å². The molecular weight excluding hydrogens is 278 g/mol. The van der Waals surface area contributed by atoms with Crippen molar-refractivity contribution in [3.05, 3.63) is 70.2 Å². The summed E-state index contributed by atoms with van der Waals surface area (Å²) >= 11 is 0. The number of benzene rings is 2. The van der Waals surface area contributed by atoms with E-state index in [4.69, 9.17) is 10.2 Å². The zero-order chi connectivity index (χ0) is 15.0. The van der Waals surface area contributed by atoms with E-state index in [9.17, 15) is 13.6 Å². The molecule has 6 heteroatoms. The first-order chi connectivity index (χ1) is 10.1. The number of hydrogen-bond acceptors (Lipinski definition) is 3. The van der Waals surface area contributed by atoms with E-state index in [2.05, 4.69) is 0 Å². The Labute approximate surface area is 118 Å². The molecule has 0 saturated heterocycles. The molecule has 1 atom stereocenters. The quantitative estimate of drug-likeness (QED) is 0.806. The minimum Gasteiger partial charge on any atom is -0.408 e. The fourth-order valence-corrected chi connectivity index (χ4v) is 2.28. The summed E-state index contributed by atoms with van der Waals surface area (Å²) in [5.74, 6) is -1.97. The number of para-hydroxylation sites is 2. The van der Waals surface area contributed by atoms with Crippen molar-refractivity contribution in [1.82, 2.24) is 4.57 Å². The number of nitrogens with zero attached hydrogens (tertiary/aromatic N) is 1. The van der Waals surface area contributed by atoms with E-state index < -0.39 is 23.4 Å². The number of halogens is 2. The maximum absolute atomic E-state index is 13.7. The van der Waals surface area contributed by atoms with Crippen molar-refractivity contribution in [1.29, 1.82) is 0 Å². The predicted molar refractivity (Wildman–Crippen MR) is 73.8 cm³/mol. The van der Waals surface area contributed by atoms with E-state index in [1.54, 1.807) is 24.3 Å². The van der Waals surface area contributed by atoms with Crippen LogP contribution in [0.4, 0.5) is 8.78 Å². The normalized spacial score (nSPS) is 12.7. The summed E-state index contributed by atoms with van der Waals surface area (Å²) in [5, 5.41) is 0. The lowest BCUT2D eigenvalue weighted by Crippen LogP contribution is -2.24. The van der Waals surface area contributed by atoms with Crippen LogP contribution in [-0.2, 0) is 6.54 Å². The van der Waals surface area contributed by atoms with Crippen LogP contribution in [0.25, 0.3) is 11.1 Å². The van der Waals surface area contributed by atoms with Crippen LogP contribution in [-0.4, -0.2) is 4.57 Å². The highest BCUT2D eigenvalue weighted by molar-refractivity contribution is 5.72. The molecule has 0 spiro atoms. The molecule has 1 aromatic heterocycles. The Kier molecular flexibility index (Phi) is 3.31. The maximum Gasteiger partial charge on any atom is 0.420 e. The highest BCUT2D eigenvalue weighted by atomic mass is 19.1. The van der Waals surface area contributed by atoms with E-state index in [-0.39, 0.29) is 12.1 Å². The number of aromatic nitrogens is 1. The maximum atomic E-state index is 13.7. The Morgan fingerprint density at radius 1 is 1.19 bits per heavy atom. The monoisotopic (exact) mass is 290 g/mol. The van der Waals surface area contributed by atoms with Crippen molar-refractivity contribution in [2.45, 2.75) is 12.6 Å². The molecule has 0 saturated carbocycles. The van der Waals surface area contributed by atoms with Gasteiger partial charge in [0, 0.05) is 18.2 Å². The fourth-order valence-electron chi connectivity index (χ4n) is 2.28. The second-order valence-electron chi connectivity index (χ2n) is 4.72. The van der Waals surface area contributed by atoms with Crippen LogP contribution in [0.3, 0.4) is 0 Å². The highest BCUT2D eigenvalue weighted by Gasteiger charge is 2.16. The van der Waals surface area contributed by atoms with Gasteiger partial charge >= 0.3 is 5.76 Å². The SMILES string of the molecule is NC(Cn1c(=O)oc2ccccc21)c1ccc(F)cc1F. The summed E-state index contributed by atoms with van der Waals surface area (Å²) < 4.78 is 33.0. The number of fused-ring (bicyclic) bond motifs is 1. The predicted octanol–water partition coefficient (Wildman–Crippen LogP) is 2.57. The average molecular weight is 290 g/mol. The van der Waals surface area contributed by atoms with Gasteiger partial charge in [-0.15, -0.1) is 0 Å². The zero-order valence-corrected chi connectivity index (χ0v) is 10.9. The van der Waals surface area contributed by atoms with Crippen molar-refractivity contribution in [3.8, 4) is 0 Å². The Hall–Kier alpha value is -2.47. The molecule has 0 aliphatic heterocycles. The number of rotatable bonds is 3. The third-order valence-electron chi connectivity index (χ3n) is 3.31. The van der Waals surface area contributed by atoms with Gasteiger partial charge in [-0.1, -0.05) is 18.2 Å². The summed E-state index contributed by atoms with van der Waals surface area (Å²) in [4.78, 5) is 11.8. The van der Waals surface area contributed by atoms with E-state index in [0.717, 1.165) is 12.1 Å². The highest BCUT2D eigenvalue weighted by Crippen LogP contribution is 2.19. The Bertz CT molecular complexity index is 854. The summed E-state index contributed by atoms with van der Waals surface area (Å²) in [6.07, 6.45) is 0. The first-order valence-electron chi connectivity index (χ1n) is 6.35. The molecule has 0 aliphatic rings. The molecule has 1 unspecified atom stereocenters. The van der Waals surface area contributed by atoms with Gasteiger partial charge in [0.05, 0.1) is 11.6 Å². The molecule has 3 rings (SSSR count). The topological polar surface area (TPSA) is 61.2 Å². The minimum atomic E-state index is -0.788. The zero-order valence-electron chi connectivity index (χ0n) is 10.9. The van der Waals surface area contributed by atoms with Crippen LogP contribution in [0.15, 0.2) is 51.7 Å². The van der Waals surface area contributed by atoms with Gasteiger partial charge in [0.25, 0.3) is 0 Å². The van der Waals surface area contributed by atoms with Gasteiger partial charge in [-0.25, -0.2) is 13.6 Å². The fraction of sp³-hybridized carbons (Fsp3) is 0.133. The van der Waals surface area contributed by atoms with Gasteiger partial charge in [-0.2, -0.15) is 0 Å². The molecule has 2 N–H and O–H groups in total. The molecule has 0 amide bonds. The molecule has 3 aromatic rings. The molecule has 0 radical (unpaired) electrons. The molecule has 2 aromatic carbocycles. The van der Waals surface area contributed by atoms with Crippen molar-refractivity contribution in [2.24, 2.45) is 5.73 Å². The third kappa shape index (κ3) is 2.45. The smallest absolute Gasteiger partial charge is 0.408 e. The largest absolute Gasteiger partial charge is 0.420 e. The first kappa shape index (κ1) is 13.5. The average Bonchev–Trinajstić information content (AvgIpc) is 2.75. The Balaban J connectivity index is 1.98. The van der Waals surface area contributed by atoms with E-state index in [0.29, 0.717) is 11.1 Å². The van der Waals surface area contributed by atoms with Crippen LogP contribution in [0, 0.1) is 11.6 Å². The number of oxazole rings is 1. The van der Waals surface area contributed by atoms with Gasteiger partial charge in [0.15, 0.2) is 5.58 Å². The lowest BCUT2D eigenvalue weighted by atomic mass is 10.1. The standard InChI is InChI=1S/C15H12F2N2O2/c16-9-5-6-10(11(17)7-9)12(18)8-19-13-3-1-2-4-14(13)21-15(19)20/h1-7,12H,8,18H2. The molecule has 0 fully saturated rings. The Morgan fingerprint density at radius 2 is 1.95 bits per heavy atom. The summed E-state index contributed by atoms with van der Waals surface area (Å²) in [5.41, 5.74) is 7.10. The summed E-state index contributed by atoms with van der Waals surface area (Å²) in [6, 6.07) is 9.28. The molecule has 4 nitrogen and oxygen atoms in total. The lowest BCUT2D eigenvalue weighted by Gasteiger charge is -2.13. The van der Waals surface area contributed by atoms with Crippen molar-refractivity contribution >= 4 is 11.1 Å². The molecular formula is C15H12F2N2O2. The van der Waals surface area contributed by atoms with Gasteiger partial charge in [-0.05, 0) is 18.2 Å². The lowest BCUT2D eigenvalue weighted by molar-refractivity contribution is 0.469. The summed E-state index contributed by atoms with van der Waals surface area (Å²) in [7, 11) is 0. The molecule has 108 valence electrons. The van der Waals surface area contributed by atoms with Crippen molar-refractivity contribution in [3.63, 3.8) is 0 Å². The van der Waals surface area contributed by atoms with Gasteiger partial charge in [0.1, 0.15) is 11.6 Å². The summed E-state index contributed by atoms with van der Waals surface area (Å²) in [6.45, 7) is 0.0401. The molecule has 0 aliphatic carbocycles. The van der Waals surface area contributed by atoms with Crippen LogP contribution >= 0.6 is 0 Å². The van der Waals surface area contributed by atoms with Crippen LogP contribution < -0.4 is 11.5 Å². The number of nitrogens with two attached hydrogens (primary N) is 1. The second kappa shape index (κ2) is 5.14. The Morgan fingerprint density at radius 3 is 2.71 bits per heavy atom. The van der Waals surface area contributed by atoms with Crippen LogP contribution in [0.2, 0.25) is 0 Å². The van der Waals surface area contributed by atoms with Gasteiger partial charge in [-0.3, -0.25) is 4.57 Å². The van der Waals surface area contributed by atoms with Gasteiger partial charge < -0.3 is 10.2 Å². The third-order valence-corrected chi connectivity index (χ3v) is 3.31. The minimum absolute atomic E-state index is 0.0401. The van der Waals surface area contributed by atoms with E-state index in [1.807, 2.05) is 0 Å². The second-order valence-corrected chi connectivity index (χ2v) is 4.72.